The second-order valence-electron chi connectivity index (χ2n) is 4.30. The van der Waals surface area contributed by atoms with Crippen LogP contribution >= 0.6 is 0 Å². The van der Waals surface area contributed by atoms with Crippen LogP contribution in [0, 0.1) is 0 Å². The average molecular weight is 267 g/mol. The minimum atomic E-state index is -3.52. The lowest BCUT2D eigenvalue weighted by Gasteiger charge is -2.22. The van der Waals surface area contributed by atoms with Gasteiger partial charge in [0.25, 0.3) is 0 Å². The Bertz CT molecular complexity index is 630. The molecule has 0 spiro atoms. The first-order valence-corrected chi connectivity index (χ1v) is 7.22. The first kappa shape index (κ1) is 11.5. The molecule has 3 rings (SSSR count). The minimum Gasteiger partial charge on any atom is -0.469 e. The van der Waals surface area contributed by atoms with Crippen molar-refractivity contribution < 1.29 is 12.8 Å². The number of rotatable bonds is 3. The van der Waals surface area contributed by atoms with E-state index in [2.05, 4.69) is 14.9 Å². The van der Waals surface area contributed by atoms with Gasteiger partial charge < -0.3 is 4.42 Å². The number of H-pyrrole nitrogens is 1. The molecule has 0 aromatic carbocycles. The summed E-state index contributed by atoms with van der Waals surface area (Å²) in [6.07, 6.45) is 6.83. The number of aryl methyl sites for hydroxylation is 1. The zero-order valence-corrected chi connectivity index (χ0v) is 10.4. The van der Waals surface area contributed by atoms with E-state index in [1.807, 2.05) is 6.07 Å². The Hall–Kier alpha value is -1.60. The summed E-state index contributed by atoms with van der Waals surface area (Å²) in [6.45, 7) is 0. The maximum absolute atomic E-state index is 12.1. The fourth-order valence-electron chi connectivity index (χ4n) is 2.25. The van der Waals surface area contributed by atoms with Gasteiger partial charge in [-0.1, -0.05) is 0 Å². The van der Waals surface area contributed by atoms with Crippen molar-refractivity contribution in [3.05, 3.63) is 36.0 Å². The summed E-state index contributed by atoms with van der Waals surface area (Å²) in [4.78, 5) is 0.151. The monoisotopic (exact) mass is 267 g/mol. The molecule has 2 aromatic rings. The number of fused-ring (bicyclic) bond motifs is 1. The van der Waals surface area contributed by atoms with Crippen molar-refractivity contribution in [1.82, 2.24) is 14.9 Å². The van der Waals surface area contributed by atoms with Crippen LogP contribution < -0.4 is 4.72 Å². The number of aromatic amines is 1. The number of hydrogen-bond acceptors (Lipinski definition) is 4. The Morgan fingerprint density at radius 1 is 1.50 bits per heavy atom. The van der Waals surface area contributed by atoms with Crippen molar-refractivity contribution in [3.8, 4) is 0 Å². The molecule has 1 aliphatic rings. The van der Waals surface area contributed by atoms with Gasteiger partial charge in [0.05, 0.1) is 18.5 Å². The van der Waals surface area contributed by atoms with E-state index in [-0.39, 0.29) is 10.9 Å². The van der Waals surface area contributed by atoms with Crippen LogP contribution in [-0.2, 0) is 16.4 Å². The number of hydrogen-bond donors (Lipinski definition) is 2. The third kappa shape index (κ3) is 1.95. The van der Waals surface area contributed by atoms with E-state index in [1.54, 1.807) is 6.26 Å². The molecule has 0 unspecified atom stereocenters. The summed E-state index contributed by atoms with van der Waals surface area (Å²) >= 11 is 0. The summed E-state index contributed by atoms with van der Waals surface area (Å²) in [5, 5.41) is 6.15. The van der Waals surface area contributed by atoms with E-state index in [0.717, 1.165) is 30.6 Å². The molecule has 2 aromatic heterocycles. The van der Waals surface area contributed by atoms with E-state index < -0.39 is 10.0 Å². The largest absolute Gasteiger partial charge is 0.469 e. The van der Waals surface area contributed by atoms with Crippen LogP contribution in [0.25, 0.3) is 0 Å². The van der Waals surface area contributed by atoms with E-state index in [0.29, 0.717) is 0 Å². The van der Waals surface area contributed by atoms with Gasteiger partial charge in [-0.3, -0.25) is 5.10 Å². The number of aromatic nitrogens is 2. The van der Waals surface area contributed by atoms with Crippen LogP contribution in [0.4, 0.5) is 0 Å². The fourth-order valence-corrected chi connectivity index (χ4v) is 3.40. The molecule has 6 nitrogen and oxygen atoms in total. The Labute approximate surface area is 104 Å². The zero-order valence-electron chi connectivity index (χ0n) is 9.59. The molecule has 0 saturated carbocycles. The molecule has 96 valence electrons. The Balaban J connectivity index is 1.87. The first-order valence-electron chi connectivity index (χ1n) is 5.74. The second-order valence-corrected chi connectivity index (χ2v) is 6.01. The van der Waals surface area contributed by atoms with Gasteiger partial charge in [0.15, 0.2) is 0 Å². The molecule has 0 bridgehead atoms. The molecular formula is C11H13N3O3S. The highest BCUT2D eigenvalue weighted by molar-refractivity contribution is 7.89. The fraction of sp³-hybridized carbons (Fsp3) is 0.364. The van der Waals surface area contributed by atoms with Crippen LogP contribution in [0.5, 0.6) is 0 Å². The lowest BCUT2D eigenvalue weighted by Crippen LogP contribution is -2.30. The van der Waals surface area contributed by atoms with Gasteiger partial charge in [-0.05, 0) is 18.9 Å². The van der Waals surface area contributed by atoms with Crippen LogP contribution in [0.15, 0.2) is 34.0 Å². The third-order valence-corrected chi connectivity index (χ3v) is 4.57. The first-order chi connectivity index (χ1) is 8.67. The van der Waals surface area contributed by atoms with Gasteiger partial charge in [-0.25, -0.2) is 13.1 Å². The van der Waals surface area contributed by atoms with Crippen LogP contribution in [0.1, 0.15) is 30.2 Å². The summed E-state index contributed by atoms with van der Waals surface area (Å²) < 4.78 is 32.2. The average Bonchev–Trinajstić information content (AvgIpc) is 3.00. The maximum Gasteiger partial charge on any atom is 0.244 e. The predicted molar refractivity (Wildman–Crippen MR) is 63.3 cm³/mol. The molecule has 1 atom stereocenters. The topological polar surface area (TPSA) is 88.0 Å². The molecule has 0 aliphatic heterocycles. The molecule has 7 heteroatoms. The highest BCUT2D eigenvalue weighted by Crippen LogP contribution is 2.31. The standard InChI is InChI=1S/C11H13N3O3S/c15-18(16,8-6-12-13-7-8)14-10-2-1-3-11-9(10)4-5-17-11/h4-7,10,14H,1-3H2,(H,12,13)/t10-/m0/s1. The number of furan rings is 1. The minimum absolute atomic E-state index is 0.151. The molecule has 2 heterocycles. The van der Waals surface area contributed by atoms with Gasteiger partial charge in [0.1, 0.15) is 10.7 Å². The highest BCUT2D eigenvalue weighted by Gasteiger charge is 2.27. The summed E-state index contributed by atoms with van der Waals surface area (Å²) in [6, 6.07) is 1.62. The lowest BCUT2D eigenvalue weighted by atomic mass is 9.94. The van der Waals surface area contributed by atoms with Gasteiger partial charge in [0, 0.05) is 18.2 Å². The predicted octanol–water partition coefficient (Wildman–Crippen LogP) is 1.36. The van der Waals surface area contributed by atoms with Crippen LogP contribution in [-0.4, -0.2) is 18.6 Å². The Kier molecular flexibility index (Phi) is 2.71. The van der Waals surface area contributed by atoms with E-state index >= 15 is 0 Å². The van der Waals surface area contributed by atoms with Crippen molar-refractivity contribution in [2.45, 2.75) is 30.2 Å². The van der Waals surface area contributed by atoms with Crippen molar-refractivity contribution in [2.75, 3.05) is 0 Å². The van der Waals surface area contributed by atoms with Crippen LogP contribution in [0.2, 0.25) is 0 Å². The SMILES string of the molecule is O=S(=O)(N[C@H]1CCCc2occc21)c1cn[nH]c1. The smallest absolute Gasteiger partial charge is 0.244 e. The van der Waals surface area contributed by atoms with E-state index in [4.69, 9.17) is 4.42 Å². The van der Waals surface area contributed by atoms with Gasteiger partial charge in [0.2, 0.25) is 10.0 Å². The summed E-state index contributed by atoms with van der Waals surface area (Å²) in [5.41, 5.74) is 0.938. The van der Waals surface area contributed by atoms with Crippen molar-refractivity contribution in [2.24, 2.45) is 0 Å². The van der Waals surface area contributed by atoms with E-state index in [9.17, 15) is 8.42 Å². The lowest BCUT2D eigenvalue weighted by molar-refractivity contribution is 0.438. The molecule has 0 radical (unpaired) electrons. The molecule has 18 heavy (non-hydrogen) atoms. The van der Waals surface area contributed by atoms with Gasteiger partial charge >= 0.3 is 0 Å². The zero-order chi connectivity index (χ0) is 12.6. The quantitative estimate of drug-likeness (QED) is 0.878. The van der Waals surface area contributed by atoms with E-state index in [1.165, 1.54) is 12.4 Å². The molecule has 0 amide bonds. The highest BCUT2D eigenvalue weighted by atomic mass is 32.2. The molecule has 0 saturated heterocycles. The molecule has 0 fully saturated rings. The Morgan fingerprint density at radius 3 is 3.17 bits per heavy atom. The Morgan fingerprint density at radius 2 is 2.39 bits per heavy atom. The molecule has 2 N–H and O–H groups in total. The second kappa shape index (κ2) is 4.25. The van der Waals surface area contributed by atoms with Crippen LogP contribution in [0.3, 0.4) is 0 Å². The van der Waals surface area contributed by atoms with Crippen molar-refractivity contribution in [1.29, 1.82) is 0 Å². The summed E-state index contributed by atoms with van der Waals surface area (Å²) in [7, 11) is -3.52. The van der Waals surface area contributed by atoms with Crippen molar-refractivity contribution in [3.63, 3.8) is 0 Å². The third-order valence-electron chi connectivity index (χ3n) is 3.13. The van der Waals surface area contributed by atoms with Gasteiger partial charge in [-0.15, -0.1) is 0 Å². The number of nitrogens with zero attached hydrogens (tertiary/aromatic N) is 1. The molecule has 1 aliphatic carbocycles. The normalized spacial score (nSPS) is 19.7. The summed E-state index contributed by atoms with van der Waals surface area (Å²) in [5.74, 6) is 0.876. The van der Waals surface area contributed by atoms with Crippen molar-refractivity contribution >= 4 is 10.0 Å². The number of sulfonamides is 1. The van der Waals surface area contributed by atoms with Gasteiger partial charge in [-0.2, -0.15) is 5.10 Å². The molecular weight excluding hydrogens is 254 g/mol. The maximum atomic E-state index is 12.1. The number of nitrogens with one attached hydrogen (secondary N) is 2.